The number of aromatic nitrogens is 5. The number of carbonyl (C=O) groups excluding carboxylic acids is 2. The van der Waals surface area contributed by atoms with Crippen LogP contribution in [0.5, 0.6) is 5.75 Å². The topological polar surface area (TPSA) is 127 Å². The van der Waals surface area contributed by atoms with Gasteiger partial charge in [-0.3, -0.25) is 14.3 Å². The summed E-state index contributed by atoms with van der Waals surface area (Å²) < 4.78 is 9.07. The Balaban J connectivity index is 1.33. The van der Waals surface area contributed by atoms with E-state index in [1.807, 2.05) is 10.9 Å². The van der Waals surface area contributed by atoms with Gasteiger partial charge in [-0.25, -0.2) is 9.50 Å². The third-order valence-corrected chi connectivity index (χ3v) is 7.05. The Kier molecular flexibility index (Phi) is 6.32. The predicted molar refractivity (Wildman–Crippen MR) is 138 cm³/mol. The highest BCUT2D eigenvalue weighted by Gasteiger charge is 2.34. The van der Waals surface area contributed by atoms with E-state index in [9.17, 15) is 14.7 Å². The second-order valence-electron chi connectivity index (χ2n) is 10.1. The molecule has 194 valence electrons. The smallest absolute Gasteiger partial charge is 0.259 e. The first-order valence-electron chi connectivity index (χ1n) is 12.3. The van der Waals surface area contributed by atoms with Crippen LogP contribution in [0.3, 0.4) is 0 Å². The lowest BCUT2D eigenvalue weighted by Gasteiger charge is -2.37. The zero-order valence-corrected chi connectivity index (χ0v) is 21.4. The lowest BCUT2D eigenvalue weighted by molar-refractivity contribution is -0.149. The lowest BCUT2D eigenvalue weighted by atomic mass is 9.89. The van der Waals surface area contributed by atoms with Crippen molar-refractivity contribution in [1.29, 1.82) is 0 Å². The van der Waals surface area contributed by atoms with Gasteiger partial charge in [0.1, 0.15) is 17.0 Å². The molecule has 1 aliphatic carbocycles. The molecule has 0 radical (unpaired) electrons. The molecule has 0 saturated heterocycles. The summed E-state index contributed by atoms with van der Waals surface area (Å²) in [7, 11) is 3.29. The minimum atomic E-state index is -1.38. The van der Waals surface area contributed by atoms with E-state index in [2.05, 4.69) is 15.4 Å². The number of likely N-dealkylation sites (N-methyl/N-ethyl adjacent to an activating group) is 1. The van der Waals surface area contributed by atoms with Gasteiger partial charge in [-0.1, -0.05) is 0 Å². The van der Waals surface area contributed by atoms with E-state index in [4.69, 9.17) is 9.84 Å². The average Bonchev–Trinajstić information content (AvgIpc) is 3.50. The molecule has 1 aliphatic rings. The highest BCUT2D eigenvalue weighted by molar-refractivity contribution is 6.09. The summed E-state index contributed by atoms with van der Waals surface area (Å²) in [5, 5.41) is 22.8. The molecule has 0 spiro atoms. The van der Waals surface area contributed by atoms with Gasteiger partial charge in [0.05, 0.1) is 30.4 Å². The van der Waals surface area contributed by atoms with Crippen LogP contribution in [0, 0.1) is 0 Å². The quantitative estimate of drug-likeness (QED) is 0.412. The molecule has 5 rings (SSSR count). The van der Waals surface area contributed by atoms with Crippen LogP contribution in [0.1, 0.15) is 55.9 Å². The number of fused-ring (bicyclic) bond motifs is 2. The van der Waals surface area contributed by atoms with Crippen LogP contribution in [0.25, 0.3) is 16.6 Å². The molecule has 2 amide bonds. The number of hydrogen-bond donors (Lipinski definition) is 2. The third kappa shape index (κ3) is 4.74. The predicted octanol–water partition coefficient (Wildman–Crippen LogP) is 3.05. The van der Waals surface area contributed by atoms with Crippen molar-refractivity contribution in [3.8, 4) is 5.75 Å². The van der Waals surface area contributed by atoms with E-state index >= 15 is 0 Å². The fraction of sp³-hybridized carbons (Fsp3) is 0.423. The summed E-state index contributed by atoms with van der Waals surface area (Å²) in [6.07, 6.45) is 10.3. The Morgan fingerprint density at radius 3 is 2.68 bits per heavy atom. The lowest BCUT2D eigenvalue weighted by Crippen LogP contribution is -2.48. The number of carbonyl (C=O) groups is 2. The van der Waals surface area contributed by atoms with E-state index in [1.54, 1.807) is 53.3 Å². The maximum Gasteiger partial charge on any atom is 0.259 e. The molecule has 11 nitrogen and oxygen atoms in total. The van der Waals surface area contributed by atoms with Crippen molar-refractivity contribution >= 4 is 34.1 Å². The van der Waals surface area contributed by atoms with Gasteiger partial charge in [-0.05, 0) is 51.7 Å². The summed E-state index contributed by atoms with van der Waals surface area (Å²) >= 11 is 0. The first-order chi connectivity index (χ1) is 17.7. The molecule has 4 aromatic rings. The number of benzene rings is 1. The minimum Gasteiger partial charge on any atom is -0.496 e. The molecule has 37 heavy (non-hydrogen) atoms. The number of rotatable bonds is 6. The number of hydrogen-bond acceptors (Lipinski definition) is 7. The van der Waals surface area contributed by atoms with E-state index in [0.29, 0.717) is 22.6 Å². The van der Waals surface area contributed by atoms with E-state index in [1.165, 1.54) is 21.0 Å². The largest absolute Gasteiger partial charge is 0.496 e. The summed E-state index contributed by atoms with van der Waals surface area (Å²) in [4.78, 5) is 31.6. The molecule has 2 N–H and O–H groups in total. The Hall–Kier alpha value is -3.99. The maximum absolute atomic E-state index is 13.2. The molecule has 1 aromatic carbocycles. The van der Waals surface area contributed by atoms with Gasteiger partial charge in [-0.15, -0.1) is 0 Å². The molecule has 3 aromatic heterocycles. The summed E-state index contributed by atoms with van der Waals surface area (Å²) in [5.41, 5.74) is 0.807. The van der Waals surface area contributed by atoms with Gasteiger partial charge < -0.3 is 20.1 Å². The van der Waals surface area contributed by atoms with Gasteiger partial charge in [0, 0.05) is 43.1 Å². The molecular formula is C26H31N7O4. The Bertz CT molecular complexity index is 1460. The molecule has 0 bridgehead atoms. The number of methoxy groups -OCH3 is 1. The zero-order valence-electron chi connectivity index (χ0n) is 21.4. The number of nitrogens with one attached hydrogen (secondary N) is 1. The summed E-state index contributed by atoms with van der Waals surface area (Å²) in [6, 6.07) is 5.59. The van der Waals surface area contributed by atoms with Crippen LogP contribution in [0.15, 0.2) is 43.0 Å². The standard InChI is InChI=1S/C26H31N7O4/c1-26(2,36)25(35)31(3)17-6-8-18(9-7-17)33-15-16-12-19(22(37-4)13-20(16)30-33)24(34)29-21-14-28-32-11-5-10-27-23(21)32/h5,10-15,17-18,36H,6-9H2,1-4H3,(H,29,34)/t17-,18-. The number of ether oxygens (including phenoxy) is 1. The third-order valence-electron chi connectivity index (χ3n) is 7.05. The fourth-order valence-corrected chi connectivity index (χ4v) is 5.02. The summed E-state index contributed by atoms with van der Waals surface area (Å²) in [6.45, 7) is 3.04. The van der Waals surface area contributed by atoms with Crippen LogP contribution in [0.4, 0.5) is 5.69 Å². The van der Waals surface area contributed by atoms with E-state index in [-0.39, 0.29) is 23.9 Å². The first-order valence-corrected chi connectivity index (χ1v) is 12.3. The van der Waals surface area contributed by atoms with Crippen LogP contribution in [0.2, 0.25) is 0 Å². The monoisotopic (exact) mass is 505 g/mol. The fourth-order valence-electron chi connectivity index (χ4n) is 5.02. The molecular weight excluding hydrogens is 474 g/mol. The molecule has 1 saturated carbocycles. The van der Waals surface area contributed by atoms with Gasteiger partial charge in [-0.2, -0.15) is 10.2 Å². The van der Waals surface area contributed by atoms with E-state index in [0.717, 1.165) is 36.6 Å². The van der Waals surface area contributed by atoms with Gasteiger partial charge in [0.25, 0.3) is 11.8 Å². The van der Waals surface area contributed by atoms with Gasteiger partial charge >= 0.3 is 0 Å². The van der Waals surface area contributed by atoms with Gasteiger partial charge in [0.15, 0.2) is 5.65 Å². The second-order valence-corrected chi connectivity index (χ2v) is 10.1. The van der Waals surface area contributed by atoms with Crippen molar-refractivity contribution in [3.05, 3.63) is 48.5 Å². The second kappa shape index (κ2) is 9.47. The van der Waals surface area contributed by atoms with Crippen molar-refractivity contribution < 1.29 is 19.4 Å². The van der Waals surface area contributed by atoms with Crippen molar-refractivity contribution in [2.75, 3.05) is 19.5 Å². The molecule has 3 heterocycles. The Labute approximate surface area is 214 Å². The van der Waals surface area contributed by atoms with Crippen molar-refractivity contribution in [3.63, 3.8) is 0 Å². The highest BCUT2D eigenvalue weighted by atomic mass is 16.5. The van der Waals surface area contributed by atoms with Crippen molar-refractivity contribution in [2.24, 2.45) is 0 Å². The number of amides is 2. The molecule has 11 heteroatoms. The summed E-state index contributed by atoms with van der Waals surface area (Å²) in [5.74, 6) is -0.166. The van der Waals surface area contributed by atoms with Gasteiger partial charge in [0.2, 0.25) is 0 Å². The van der Waals surface area contributed by atoms with Crippen LogP contribution < -0.4 is 10.1 Å². The molecule has 0 atom stereocenters. The molecule has 0 unspecified atom stereocenters. The SMILES string of the molecule is COc1cc2nn([C@H]3CC[C@H](N(C)C(=O)C(C)(C)O)CC3)cc2cc1C(=O)Nc1cnn2cccnc12. The Morgan fingerprint density at radius 1 is 1.22 bits per heavy atom. The van der Waals surface area contributed by atoms with Crippen LogP contribution in [-0.4, -0.2) is 72.0 Å². The number of aliphatic hydroxyl groups is 1. The minimum absolute atomic E-state index is 0.0879. The van der Waals surface area contributed by atoms with Crippen molar-refractivity contribution in [1.82, 2.24) is 29.3 Å². The van der Waals surface area contributed by atoms with E-state index < -0.39 is 5.60 Å². The Morgan fingerprint density at radius 2 is 1.97 bits per heavy atom. The zero-order chi connectivity index (χ0) is 26.3. The highest BCUT2D eigenvalue weighted by Crippen LogP contribution is 2.33. The van der Waals surface area contributed by atoms with Crippen molar-refractivity contribution in [2.45, 2.75) is 57.2 Å². The first kappa shape index (κ1) is 24.7. The molecule has 0 aliphatic heterocycles. The normalized spacial score (nSPS) is 18.2. The average molecular weight is 506 g/mol. The number of anilines is 1. The maximum atomic E-state index is 13.2. The molecule has 1 fully saturated rings. The van der Waals surface area contributed by atoms with Crippen LogP contribution in [-0.2, 0) is 4.79 Å². The van der Waals surface area contributed by atoms with Crippen LogP contribution >= 0.6 is 0 Å². The number of nitrogens with zero attached hydrogens (tertiary/aromatic N) is 6.